The zero-order valence-corrected chi connectivity index (χ0v) is 14.7. The Morgan fingerprint density at radius 2 is 2.29 bits per heavy atom. The molecule has 0 N–H and O–H groups in total. The summed E-state index contributed by atoms with van der Waals surface area (Å²) in [5.41, 5.74) is 2.02. The van der Waals surface area contributed by atoms with Gasteiger partial charge < -0.3 is 9.64 Å². The van der Waals surface area contributed by atoms with Crippen LogP contribution in [-0.4, -0.2) is 45.6 Å². The summed E-state index contributed by atoms with van der Waals surface area (Å²) in [4.78, 5) is 15.9. The molecular weight excluding hydrogens is 324 g/mol. The van der Waals surface area contributed by atoms with Crippen LogP contribution in [0.25, 0.3) is 0 Å². The summed E-state index contributed by atoms with van der Waals surface area (Å²) in [6.45, 7) is 2.01. The molecule has 1 atom stereocenters. The number of aromatic nitrogens is 3. The van der Waals surface area contributed by atoms with Crippen LogP contribution in [0.5, 0.6) is 0 Å². The van der Waals surface area contributed by atoms with Crippen LogP contribution in [0.2, 0.25) is 0 Å². The van der Waals surface area contributed by atoms with Gasteiger partial charge in [-0.15, -0.1) is 16.4 Å². The van der Waals surface area contributed by atoms with Crippen molar-refractivity contribution in [1.82, 2.24) is 19.9 Å². The van der Waals surface area contributed by atoms with E-state index in [0.29, 0.717) is 25.5 Å². The predicted molar refractivity (Wildman–Crippen MR) is 90.7 cm³/mol. The van der Waals surface area contributed by atoms with Crippen molar-refractivity contribution in [1.29, 1.82) is 0 Å². The number of rotatable bonds is 6. The van der Waals surface area contributed by atoms with E-state index < -0.39 is 0 Å². The molecule has 0 saturated heterocycles. The number of ether oxygens (including phenoxy) is 1. The zero-order valence-electron chi connectivity index (χ0n) is 13.9. The molecule has 3 heterocycles. The maximum Gasteiger partial charge on any atom is 0.228 e. The smallest absolute Gasteiger partial charge is 0.228 e. The minimum absolute atomic E-state index is 0.117. The standard InChI is InChI=1S/C17H22N4O2S/c1-20-14-6-7-21(16(22)9-13-3-2-8-24-13)15(17(14)18-19-20)11-23-10-12-4-5-12/h2-3,8,12,15H,4-7,9-11H2,1H3. The summed E-state index contributed by atoms with van der Waals surface area (Å²) in [7, 11) is 1.91. The highest BCUT2D eigenvalue weighted by Crippen LogP contribution is 2.32. The van der Waals surface area contributed by atoms with Crippen molar-refractivity contribution >= 4 is 17.2 Å². The van der Waals surface area contributed by atoms with Gasteiger partial charge in [0, 0.05) is 31.5 Å². The van der Waals surface area contributed by atoms with Crippen LogP contribution in [0.3, 0.4) is 0 Å². The minimum Gasteiger partial charge on any atom is -0.379 e. The molecule has 0 spiro atoms. The van der Waals surface area contributed by atoms with Gasteiger partial charge in [-0.25, -0.2) is 0 Å². The van der Waals surface area contributed by atoms with Gasteiger partial charge in [-0.3, -0.25) is 9.48 Å². The maximum atomic E-state index is 12.8. The first-order valence-electron chi connectivity index (χ1n) is 8.50. The molecule has 1 saturated carbocycles. The second-order valence-corrected chi connectivity index (χ2v) is 7.67. The lowest BCUT2D eigenvalue weighted by Crippen LogP contribution is -2.43. The monoisotopic (exact) mass is 346 g/mol. The highest BCUT2D eigenvalue weighted by atomic mass is 32.1. The van der Waals surface area contributed by atoms with Gasteiger partial charge in [0.25, 0.3) is 0 Å². The second kappa shape index (κ2) is 6.64. The molecule has 1 unspecified atom stereocenters. The average Bonchev–Trinajstić information content (AvgIpc) is 3.11. The molecule has 4 rings (SSSR count). The van der Waals surface area contributed by atoms with Crippen LogP contribution in [-0.2, 0) is 29.4 Å². The number of thiophene rings is 1. The third kappa shape index (κ3) is 3.23. The van der Waals surface area contributed by atoms with Gasteiger partial charge in [0.15, 0.2) is 0 Å². The predicted octanol–water partition coefficient (Wildman–Crippen LogP) is 1.97. The fraction of sp³-hybridized carbons (Fsp3) is 0.588. The van der Waals surface area contributed by atoms with E-state index >= 15 is 0 Å². The number of hydrogen-bond acceptors (Lipinski definition) is 5. The molecule has 1 aliphatic carbocycles. The fourth-order valence-corrected chi connectivity index (χ4v) is 3.93. The van der Waals surface area contributed by atoms with Crippen molar-refractivity contribution < 1.29 is 9.53 Å². The van der Waals surface area contributed by atoms with Gasteiger partial charge in [0.05, 0.1) is 18.7 Å². The molecule has 6 nitrogen and oxygen atoms in total. The van der Waals surface area contributed by atoms with Gasteiger partial charge >= 0.3 is 0 Å². The molecule has 2 aromatic heterocycles. The van der Waals surface area contributed by atoms with E-state index in [1.165, 1.54) is 12.8 Å². The number of hydrogen-bond donors (Lipinski definition) is 0. The normalized spacial score (nSPS) is 20.2. The van der Waals surface area contributed by atoms with E-state index in [4.69, 9.17) is 4.74 Å². The number of carbonyl (C=O) groups is 1. The van der Waals surface area contributed by atoms with Crippen molar-refractivity contribution in [3.8, 4) is 0 Å². The second-order valence-electron chi connectivity index (χ2n) is 6.63. The Labute approximate surface area is 145 Å². The minimum atomic E-state index is -0.117. The molecule has 0 aromatic carbocycles. The Morgan fingerprint density at radius 3 is 3.04 bits per heavy atom. The van der Waals surface area contributed by atoms with Crippen LogP contribution in [0.15, 0.2) is 17.5 Å². The van der Waals surface area contributed by atoms with Gasteiger partial charge in [-0.2, -0.15) is 0 Å². The zero-order chi connectivity index (χ0) is 16.5. The molecule has 0 radical (unpaired) electrons. The van der Waals surface area contributed by atoms with Crippen LogP contribution in [0.4, 0.5) is 0 Å². The molecule has 2 aromatic rings. The summed E-state index contributed by atoms with van der Waals surface area (Å²) < 4.78 is 7.73. The summed E-state index contributed by atoms with van der Waals surface area (Å²) in [5.74, 6) is 0.860. The number of nitrogens with zero attached hydrogens (tertiary/aromatic N) is 4. The van der Waals surface area contributed by atoms with Crippen LogP contribution < -0.4 is 0 Å². The quantitative estimate of drug-likeness (QED) is 0.802. The Balaban J connectivity index is 1.50. The molecule has 24 heavy (non-hydrogen) atoms. The number of carbonyl (C=O) groups excluding carboxylic acids is 1. The first kappa shape index (κ1) is 15.8. The molecule has 1 amide bonds. The topological polar surface area (TPSA) is 60.2 Å². The van der Waals surface area contributed by atoms with Crippen molar-refractivity contribution in [2.75, 3.05) is 19.8 Å². The largest absolute Gasteiger partial charge is 0.379 e. The van der Waals surface area contributed by atoms with Crippen molar-refractivity contribution in [2.24, 2.45) is 13.0 Å². The summed E-state index contributed by atoms with van der Waals surface area (Å²) in [6.07, 6.45) is 3.78. The Morgan fingerprint density at radius 1 is 1.42 bits per heavy atom. The highest BCUT2D eigenvalue weighted by Gasteiger charge is 2.35. The third-order valence-corrected chi connectivity index (χ3v) is 5.68. The van der Waals surface area contributed by atoms with Gasteiger partial charge in [0.1, 0.15) is 11.7 Å². The highest BCUT2D eigenvalue weighted by molar-refractivity contribution is 7.10. The van der Waals surface area contributed by atoms with Gasteiger partial charge in [0.2, 0.25) is 5.91 Å². The van der Waals surface area contributed by atoms with Crippen LogP contribution in [0.1, 0.15) is 35.1 Å². The fourth-order valence-electron chi connectivity index (χ4n) is 3.23. The Hall–Kier alpha value is -1.73. The molecular formula is C17H22N4O2S. The summed E-state index contributed by atoms with van der Waals surface area (Å²) in [5, 5.41) is 10.5. The first-order valence-corrected chi connectivity index (χ1v) is 9.38. The van der Waals surface area contributed by atoms with Crippen LogP contribution in [0, 0.1) is 5.92 Å². The van der Waals surface area contributed by atoms with Crippen molar-refractivity contribution in [2.45, 2.75) is 31.7 Å². The van der Waals surface area contributed by atoms with E-state index in [1.807, 2.05) is 34.1 Å². The van der Waals surface area contributed by atoms with Gasteiger partial charge in [-0.05, 0) is 30.2 Å². The molecule has 1 aliphatic heterocycles. The molecule has 7 heteroatoms. The average molecular weight is 346 g/mol. The Kier molecular flexibility index (Phi) is 4.37. The summed E-state index contributed by atoms with van der Waals surface area (Å²) in [6, 6.07) is 3.88. The molecule has 128 valence electrons. The summed E-state index contributed by atoms with van der Waals surface area (Å²) >= 11 is 1.63. The molecule has 2 aliphatic rings. The number of aryl methyl sites for hydroxylation is 1. The maximum absolute atomic E-state index is 12.8. The van der Waals surface area contributed by atoms with Gasteiger partial charge in [-0.1, -0.05) is 11.3 Å². The van der Waals surface area contributed by atoms with Crippen molar-refractivity contribution in [3.05, 3.63) is 33.8 Å². The lowest BCUT2D eigenvalue weighted by Gasteiger charge is -2.34. The van der Waals surface area contributed by atoms with Crippen molar-refractivity contribution in [3.63, 3.8) is 0 Å². The van der Waals surface area contributed by atoms with Crippen LogP contribution >= 0.6 is 11.3 Å². The Bertz CT molecular complexity index is 708. The van der Waals surface area contributed by atoms with E-state index in [-0.39, 0.29) is 11.9 Å². The van der Waals surface area contributed by atoms with E-state index in [9.17, 15) is 4.79 Å². The van der Waals surface area contributed by atoms with E-state index in [2.05, 4.69) is 10.3 Å². The number of amides is 1. The van der Waals surface area contributed by atoms with E-state index in [1.54, 1.807) is 11.3 Å². The molecule has 1 fully saturated rings. The third-order valence-electron chi connectivity index (χ3n) is 4.81. The lowest BCUT2D eigenvalue weighted by molar-refractivity contribution is -0.135. The molecule has 0 bridgehead atoms. The number of fused-ring (bicyclic) bond motifs is 1. The SMILES string of the molecule is Cn1nnc2c1CCN(C(=O)Cc1cccs1)C2COCC1CC1. The first-order chi connectivity index (χ1) is 11.7. The lowest BCUT2D eigenvalue weighted by atomic mass is 10.0. The van der Waals surface area contributed by atoms with E-state index in [0.717, 1.165) is 29.3 Å².